The SMILES string of the molecule is C[C@@H]1CN(C(=O)C2CCN(C(=O)N3CCCC3)CC2)CC(C(=O)O)O1. The fourth-order valence-corrected chi connectivity index (χ4v) is 3.95. The second kappa shape index (κ2) is 7.59. The first-order chi connectivity index (χ1) is 12.0. The van der Waals surface area contributed by atoms with Crippen LogP contribution >= 0.6 is 0 Å². The van der Waals surface area contributed by atoms with Gasteiger partial charge in [-0.1, -0.05) is 0 Å². The van der Waals surface area contributed by atoms with Crippen LogP contribution in [-0.4, -0.2) is 89.2 Å². The van der Waals surface area contributed by atoms with Crippen LogP contribution in [0.1, 0.15) is 32.6 Å². The highest BCUT2D eigenvalue weighted by Gasteiger charge is 2.37. The number of ether oxygens (including phenoxy) is 1. The molecular weight excluding hydrogens is 326 g/mol. The predicted octanol–water partition coefficient (Wildman–Crippen LogP) is 0.615. The van der Waals surface area contributed by atoms with E-state index in [1.165, 1.54) is 0 Å². The standard InChI is InChI=1S/C17H27N3O5/c1-12-10-20(11-14(25-12)16(22)23)15(21)13-4-8-19(9-5-13)17(24)18-6-2-3-7-18/h12-14H,2-11H2,1H3,(H,22,23)/t12-,14?/m1/s1. The molecule has 0 aliphatic carbocycles. The molecular formula is C17H27N3O5. The van der Waals surface area contributed by atoms with Crippen LogP contribution in [-0.2, 0) is 14.3 Å². The molecule has 8 nitrogen and oxygen atoms in total. The van der Waals surface area contributed by atoms with Crippen LogP contribution < -0.4 is 0 Å². The zero-order valence-electron chi connectivity index (χ0n) is 14.7. The minimum Gasteiger partial charge on any atom is -0.479 e. The van der Waals surface area contributed by atoms with E-state index in [9.17, 15) is 14.4 Å². The van der Waals surface area contributed by atoms with Crippen molar-refractivity contribution in [2.24, 2.45) is 5.92 Å². The number of carbonyl (C=O) groups is 3. The first-order valence-electron chi connectivity index (χ1n) is 9.16. The largest absolute Gasteiger partial charge is 0.479 e. The summed E-state index contributed by atoms with van der Waals surface area (Å²) in [6, 6.07) is 0.0920. The van der Waals surface area contributed by atoms with Crippen LogP contribution in [0.25, 0.3) is 0 Å². The number of carbonyl (C=O) groups excluding carboxylic acids is 2. The van der Waals surface area contributed by atoms with E-state index in [4.69, 9.17) is 9.84 Å². The number of hydrogen-bond acceptors (Lipinski definition) is 4. The minimum atomic E-state index is -1.03. The molecule has 3 aliphatic heterocycles. The normalized spacial score (nSPS) is 28.3. The van der Waals surface area contributed by atoms with Gasteiger partial charge >= 0.3 is 12.0 Å². The van der Waals surface area contributed by atoms with E-state index < -0.39 is 12.1 Å². The third kappa shape index (κ3) is 4.05. The van der Waals surface area contributed by atoms with E-state index in [1.54, 1.807) is 11.8 Å². The summed E-state index contributed by atoms with van der Waals surface area (Å²) >= 11 is 0. The number of nitrogens with zero attached hydrogens (tertiary/aromatic N) is 3. The molecule has 3 saturated heterocycles. The van der Waals surface area contributed by atoms with E-state index in [1.807, 2.05) is 9.80 Å². The van der Waals surface area contributed by atoms with Crippen molar-refractivity contribution in [3.05, 3.63) is 0 Å². The van der Waals surface area contributed by atoms with Crippen molar-refractivity contribution in [1.82, 2.24) is 14.7 Å². The number of piperidine rings is 1. The van der Waals surface area contributed by atoms with Gasteiger partial charge in [-0.2, -0.15) is 0 Å². The third-order valence-electron chi connectivity index (χ3n) is 5.34. The Morgan fingerprint density at radius 3 is 2.12 bits per heavy atom. The first-order valence-corrected chi connectivity index (χ1v) is 9.16. The average Bonchev–Trinajstić information content (AvgIpc) is 3.14. The van der Waals surface area contributed by atoms with E-state index in [0.29, 0.717) is 32.5 Å². The van der Waals surface area contributed by atoms with Gasteiger partial charge in [0, 0.05) is 38.6 Å². The van der Waals surface area contributed by atoms with Crippen LogP contribution in [0.3, 0.4) is 0 Å². The third-order valence-corrected chi connectivity index (χ3v) is 5.34. The fourth-order valence-electron chi connectivity index (χ4n) is 3.95. The van der Waals surface area contributed by atoms with Gasteiger partial charge in [0.05, 0.1) is 12.6 Å². The van der Waals surface area contributed by atoms with Crippen LogP contribution in [0.5, 0.6) is 0 Å². The zero-order chi connectivity index (χ0) is 18.0. The lowest BCUT2D eigenvalue weighted by Crippen LogP contribution is -2.54. The lowest BCUT2D eigenvalue weighted by Gasteiger charge is -2.39. The summed E-state index contributed by atoms with van der Waals surface area (Å²) in [5.74, 6) is -1.17. The highest BCUT2D eigenvalue weighted by Crippen LogP contribution is 2.23. The Hall–Kier alpha value is -1.83. The summed E-state index contributed by atoms with van der Waals surface area (Å²) in [5, 5.41) is 9.15. The molecule has 8 heteroatoms. The van der Waals surface area contributed by atoms with Gasteiger partial charge in [0.15, 0.2) is 6.10 Å². The van der Waals surface area contributed by atoms with E-state index in [-0.39, 0.29) is 30.5 Å². The molecule has 3 rings (SSSR count). The van der Waals surface area contributed by atoms with Gasteiger partial charge in [-0.25, -0.2) is 9.59 Å². The molecule has 3 fully saturated rings. The molecule has 0 aromatic carbocycles. The molecule has 25 heavy (non-hydrogen) atoms. The van der Waals surface area contributed by atoms with Crippen molar-refractivity contribution in [3.8, 4) is 0 Å². The Morgan fingerprint density at radius 1 is 0.920 bits per heavy atom. The van der Waals surface area contributed by atoms with E-state index in [0.717, 1.165) is 25.9 Å². The second-order valence-electron chi connectivity index (χ2n) is 7.25. The molecule has 3 aliphatic rings. The van der Waals surface area contributed by atoms with Gasteiger partial charge in [-0.3, -0.25) is 4.79 Å². The summed E-state index contributed by atoms with van der Waals surface area (Å²) in [6.07, 6.45) is 2.19. The summed E-state index contributed by atoms with van der Waals surface area (Å²) in [6.45, 7) is 5.16. The Bertz CT molecular complexity index is 526. The molecule has 2 atom stereocenters. The molecule has 1 N–H and O–H groups in total. The molecule has 3 amide bonds. The number of carboxylic acid groups (broad SMARTS) is 1. The number of amides is 3. The summed E-state index contributed by atoms with van der Waals surface area (Å²) in [4.78, 5) is 41.7. The number of urea groups is 1. The molecule has 0 saturated carbocycles. The molecule has 0 spiro atoms. The van der Waals surface area contributed by atoms with E-state index >= 15 is 0 Å². The molecule has 3 heterocycles. The van der Waals surface area contributed by atoms with Gasteiger partial charge in [-0.05, 0) is 32.6 Å². The number of aliphatic carboxylic acids is 1. The number of likely N-dealkylation sites (tertiary alicyclic amines) is 2. The lowest BCUT2D eigenvalue weighted by molar-refractivity contribution is -0.168. The van der Waals surface area contributed by atoms with Gasteiger partial charge in [0.25, 0.3) is 0 Å². The van der Waals surface area contributed by atoms with Gasteiger partial charge < -0.3 is 24.5 Å². The van der Waals surface area contributed by atoms with Gasteiger partial charge in [0.2, 0.25) is 5.91 Å². The number of morpholine rings is 1. The van der Waals surface area contributed by atoms with Crippen molar-refractivity contribution >= 4 is 17.9 Å². The number of hydrogen-bond donors (Lipinski definition) is 1. The van der Waals surface area contributed by atoms with Crippen LogP contribution in [0.15, 0.2) is 0 Å². The highest BCUT2D eigenvalue weighted by molar-refractivity contribution is 5.81. The summed E-state index contributed by atoms with van der Waals surface area (Å²) in [5.41, 5.74) is 0. The summed E-state index contributed by atoms with van der Waals surface area (Å²) < 4.78 is 5.37. The first kappa shape index (κ1) is 18.0. The maximum absolute atomic E-state index is 12.8. The van der Waals surface area contributed by atoms with Gasteiger partial charge in [-0.15, -0.1) is 0 Å². The Labute approximate surface area is 147 Å². The average molecular weight is 353 g/mol. The molecule has 0 bridgehead atoms. The monoisotopic (exact) mass is 353 g/mol. The maximum atomic E-state index is 12.8. The number of carboxylic acids is 1. The Kier molecular flexibility index (Phi) is 5.46. The Balaban J connectivity index is 1.52. The highest BCUT2D eigenvalue weighted by atomic mass is 16.5. The molecule has 0 radical (unpaired) electrons. The smallest absolute Gasteiger partial charge is 0.334 e. The fraction of sp³-hybridized carbons (Fsp3) is 0.824. The molecule has 1 unspecified atom stereocenters. The second-order valence-corrected chi connectivity index (χ2v) is 7.25. The van der Waals surface area contributed by atoms with Crippen molar-refractivity contribution in [2.75, 3.05) is 39.3 Å². The molecule has 0 aromatic heterocycles. The van der Waals surface area contributed by atoms with Crippen molar-refractivity contribution in [3.63, 3.8) is 0 Å². The van der Waals surface area contributed by atoms with Crippen molar-refractivity contribution in [2.45, 2.75) is 44.8 Å². The van der Waals surface area contributed by atoms with Crippen LogP contribution in [0.4, 0.5) is 4.79 Å². The van der Waals surface area contributed by atoms with E-state index in [2.05, 4.69) is 0 Å². The van der Waals surface area contributed by atoms with Crippen molar-refractivity contribution in [1.29, 1.82) is 0 Å². The van der Waals surface area contributed by atoms with Gasteiger partial charge in [0.1, 0.15) is 0 Å². The molecule has 140 valence electrons. The van der Waals surface area contributed by atoms with Crippen molar-refractivity contribution < 1.29 is 24.2 Å². The van der Waals surface area contributed by atoms with Crippen LogP contribution in [0.2, 0.25) is 0 Å². The molecule has 0 aromatic rings. The maximum Gasteiger partial charge on any atom is 0.334 e. The topological polar surface area (TPSA) is 90.4 Å². The van der Waals surface area contributed by atoms with Crippen LogP contribution in [0, 0.1) is 5.92 Å². The Morgan fingerprint density at radius 2 is 1.52 bits per heavy atom. The quantitative estimate of drug-likeness (QED) is 0.786. The minimum absolute atomic E-state index is 0.00493. The zero-order valence-corrected chi connectivity index (χ0v) is 14.7. The summed E-state index contributed by atoms with van der Waals surface area (Å²) in [7, 11) is 0. The predicted molar refractivity (Wildman–Crippen MR) is 89.1 cm³/mol. The number of rotatable bonds is 2. The lowest BCUT2D eigenvalue weighted by atomic mass is 9.95.